The third-order valence-corrected chi connectivity index (χ3v) is 8.81. The van der Waals surface area contributed by atoms with E-state index in [-0.39, 0.29) is 36.4 Å². The Kier molecular flexibility index (Phi) is 8.68. The maximum atomic E-state index is 15.7. The number of hydrogen-bond donors (Lipinski definition) is 4. The van der Waals surface area contributed by atoms with Crippen molar-refractivity contribution in [1.82, 2.24) is 9.88 Å². The molecule has 1 fully saturated rings. The first kappa shape index (κ1) is 31.1. The number of fused-ring (bicyclic) bond motifs is 10. The molecule has 46 heavy (non-hydrogen) atoms. The number of carbonyl (C=O) groups excluding carboxylic acids is 2. The number of benzene rings is 3. The molecule has 1 aliphatic carbocycles. The maximum Gasteiger partial charge on any atom is 0.411 e. The van der Waals surface area contributed by atoms with Gasteiger partial charge in [-0.3, -0.25) is 10.1 Å². The third-order valence-electron chi connectivity index (χ3n) is 8.81. The topological polar surface area (TPSA) is 139 Å². The van der Waals surface area contributed by atoms with Gasteiger partial charge in [-0.2, -0.15) is 0 Å². The molecule has 3 heterocycles. The zero-order valence-electron chi connectivity index (χ0n) is 26.0. The summed E-state index contributed by atoms with van der Waals surface area (Å²) in [6, 6.07) is 15.2. The molecular weight excluding hydrogens is 589 g/mol. The number of hydrogen-bond acceptors (Lipinski definition) is 8. The number of aryl methyl sites for hydroxylation is 1. The molecular formula is C35H38FN5O5. The van der Waals surface area contributed by atoms with Crippen LogP contribution < -0.4 is 21.1 Å². The van der Waals surface area contributed by atoms with Gasteiger partial charge in [-0.25, -0.2) is 14.2 Å². The maximum absolute atomic E-state index is 15.7. The van der Waals surface area contributed by atoms with Gasteiger partial charge in [0.15, 0.2) is 11.6 Å². The van der Waals surface area contributed by atoms with Crippen molar-refractivity contribution in [2.45, 2.75) is 63.8 Å². The Morgan fingerprint density at radius 3 is 2.72 bits per heavy atom. The number of nitrogen functional groups attached to an aromatic ring is 1. The average molecular weight is 628 g/mol. The van der Waals surface area contributed by atoms with Crippen LogP contribution in [-0.2, 0) is 16.1 Å². The van der Waals surface area contributed by atoms with Crippen LogP contribution in [0.5, 0.6) is 5.75 Å². The number of halogens is 1. The number of aliphatic hydroxyl groups excluding tert-OH is 1. The molecule has 0 unspecified atom stereocenters. The number of anilines is 3. The summed E-state index contributed by atoms with van der Waals surface area (Å²) in [7, 11) is 1.64. The number of rotatable bonds is 4. The molecule has 0 spiro atoms. The molecule has 3 aromatic carbocycles. The van der Waals surface area contributed by atoms with Crippen LogP contribution >= 0.6 is 0 Å². The summed E-state index contributed by atoms with van der Waals surface area (Å²) in [5.74, 6) is -0.774. The van der Waals surface area contributed by atoms with Crippen molar-refractivity contribution in [3.63, 3.8) is 0 Å². The quantitative estimate of drug-likeness (QED) is 0.215. The Morgan fingerprint density at radius 1 is 1.13 bits per heavy atom. The highest BCUT2D eigenvalue weighted by molar-refractivity contribution is 5.94. The van der Waals surface area contributed by atoms with Gasteiger partial charge in [0.05, 0.1) is 12.7 Å². The predicted molar refractivity (Wildman–Crippen MR) is 174 cm³/mol. The van der Waals surface area contributed by atoms with Gasteiger partial charge in [-0.15, -0.1) is 0 Å². The fourth-order valence-corrected chi connectivity index (χ4v) is 6.34. The van der Waals surface area contributed by atoms with E-state index in [0.717, 1.165) is 39.9 Å². The molecule has 2 aliphatic heterocycles. The minimum atomic E-state index is -0.803. The smallest absolute Gasteiger partial charge is 0.411 e. The first-order valence-corrected chi connectivity index (χ1v) is 15.4. The van der Waals surface area contributed by atoms with Gasteiger partial charge < -0.3 is 30.5 Å². The van der Waals surface area contributed by atoms with Crippen LogP contribution in [0.2, 0.25) is 0 Å². The van der Waals surface area contributed by atoms with Gasteiger partial charge in [0.2, 0.25) is 5.91 Å². The molecule has 7 rings (SSSR count). The van der Waals surface area contributed by atoms with Crippen LogP contribution in [0.4, 0.5) is 26.4 Å². The molecule has 240 valence electrons. The highest BCUT2D eigenvalue weighted by atomic mass is 19.1. The van der Waals surface area contributed by atoms with E-state index in [0.29, 0.717) is 29.9 Å². The zero-order valence-corrected chi connectivity index (χ0v) is 26.0. The van der Waals surface area contributed by atoms with Crippen molar-refractivity contribution in [2.24, 2.45) is 0 Å². The lowest BCUT2D eigenvalue weighted by atomic mass is 9.93. The van der Waals surface area contributed by atoms with E-state index in [1.165, 1.54) is 4.90 Å². The van der Waals surface area contributed by atoms with Crippen molar-refractivity contribution >= 4 is 40.0 Å². The molecule has 0 radical (unpaired) electrons. The van der Waals surface area contributed by atoms with Crippen molar-refractivity contribution in [3.8, 4) is 5.75 Å². The van der Waals surface area contributed by atoms with Gasteiger partial charge in [-0.1, -0.05) is 25.1 Å². The number of nitrogens with two attached hydrogens (primary N) is 1. The number of nitrogens with zero attached hydrogens (tertiary/aromatic N) is 2. The number of aliphatic hydroxyl groups is 1. The molecule has 1 saturated carbocycles. The van der Waals surface area contributed by atoms with E-state index in [1.807, 2.05) is 56.3 Å². The summed E-state index contributed by atoms with van der Waals surface area (Å²) in [5, 5.41) is 18.1. The van der Waals surface area contributed by atoms with Gasteiger partial charge in [-0.05, 0) is 78.6 Å². The Labute approximate surface area is 266 Å². The number of nitrogens with one attached hydrogen (secondary N) is 2. The molecule has 11 heteroatoms. The number of amides is 2. The first-order chi connectivity index (χ1) is 22.1. The van der Waals surface area contributed by atoms with Gasteiger partial charge in [0.25, 0.3) is 0 Å². The van der Waals surface area contributed by atoms with Gasteiger partial charge in [0, 0.05) is 54.1 Å². The van der Waals surface area contributed by atoms with E-state index in [2.05, 4.69) is 15.6 Å². The molecule has 1 aromatic heterocycles. The summed E-state index contributed by atoms with van der Waals surface area (Å²) in [6.07, 6.45) is 1.51. The van der Waals surface area contributed by atoms with E-state index in [4.69, 9.17) is 15.2 Å². The third kappa shape index (κ3) is 6.41. The Balaban J connectivity index is 1.41. The van der Waals surface area contributed by atoms with E-state index >= 15 is 4.39 Å². The fraction of sp³-hybridized carbons (Fsp3) is 0.343. The Bertz CT molecular complexity index is 1800. The second kappa shape index (κ2) is 12.8. The lowest BCUT2D eigenvalue weighted by molar-refractivity contribution is -0.131. The van der Waals surface area contributed by atoms with Crippen molar-refractivity contribution in [1.29, 1.82) is 0 Å². The molecule has 0 saturated heterocycles. The monoisotopic (exact) mass is 627 g/mol. The Hall–Kier alpha value is -4.90. The highest BCUT2D eigenvalue weighted by Crippen LogP contribution is 2.35. The summed E-state index contributed by atoms with van der Waals surface area (Å²) < 4.78 is 27.2. The van der Waals surface area contributed by atoms with E-state index in [9.17, 15) is 14.7 Å². The molecule has 3 aliphatic rings. The SMILES string of the molecule is Cc1cc2ccc1[C@@H](C)COC(=O)Nc1cc(F)c(O[C@@H]3CCC[C@@H]3O)c(c1)CN(C)C(=O)[C@@H]2Nc1ccc2c(N)nccc2c1. The molecule has 10 nitrogen and oxygen atoms in total. The zero-order chi connectivity index (χ0) is 32.5. The lowest BCUT2D eigenvalue weighted by Gasteiger charge is -2.28. The highest BCUT2D eigenvalue weighted by Gasteiger charge is 2.31. The van der Waals surface area contributed by atoms with Gasteiger partial charge >= 0.3 is 6.09 Å². The van der Waals surface area contributed by atoms with Crippen molar-refractivity contribution in [3.05, 3.63) is 88.9 Å². The van der Waals surface area contributed by atoms with Crippen LogP contribution in [0.25, 0.3) is 10.8 Å². The number of carbonyl (C=O) groups is 2. The second-order valence-electron chi connectivity index (χ2n) is 12.2. The van der Waals surface area contributed by atoms with Crippen LogP contribution in [0, 0.1) is 12.7 Å². The second-order valence-corrected chi connectivity index (χ2v) is 12.2. The molecule has 4 aromatic rings. The Morgan fingerprint density at radius 2 is 1.96 bits per heavy atom. The van der Waals surface area contributed by atoms with Crippen molar-refractivity contribution in [2.75, 3.05) is 30.0 Å². The van der Waals surface area contributed by atoms with E-state index in [1.54, 1.807) is 19.3 Å². The molecule has 4 bridgehead atoms. The molecule has 2 amide bonds. The summed E-state index contributed by atoms with van der Waals surface area (Å²) in [4.78, 5) is 32.7. The van der Waals surface area contributed by atoms with E-state index < -0.39 is 30.2 Å². The number of aromatic nitrogens is 1. The van der Waals surface area contributed by atoms with Crippen LogP contribution in [0.15, 0.2) is 60.8 Å². The average Bonchev–Trinajstić information content (AvgIpc) is 3.43. The fourth-order valence-electron chi connectivity index (χ4n) is 6.34. The van der Waals surface area contributed by atoms with Crippen LogP contribution in [0.1, 0.15) is 60.4 Å². The number of likely N-dealkylation sites (N-methyl/N-ethyl adjacent to an activating group) is 1. The van der Waals surface area contributed by atoms with Crippen LogP contribution in [0.3, 0.4) is 0 Å². The number of ether oxygens (including phenoxy) is 2. The van der Waals surface area contributed by atoms with Gasteiger partial charge in [0.1, 0.15) is 18.0 Å². The minimum Gasteiger partial charge on any atom is -0.484 e. The largest absolute Gasteiger partial charge is 0.484 e. The standard InChI is InChI=1S/C35H38FN5O5/c1-19-13-22-7-9-26(19)20(2)18-45-35(44)40-25-15-23(32(28(36)16-25)46-30-6-4-5-29(30)42)17-41(3)34(43)31(22)39-24-8-10-27-21(14-24)11-12-38-33(27)37/h7-16,20,29-31,39,42H,4-6,17-18H2,1-3H3,(H2,37,38)(H,40,44)/t20-,29-,30+,31+/m0/s1. The molecule has 4 atom stereocenters. The summed E-state index contributed by atoms with van der Waals surface area (Å²) >= 11 is 0. The molecule has 5 N–H and O–H groups in total. The number of pyridine rings is 1. The predicted octanol–water partition coefficient (Wildman–Crippen LogP) is 6.03. The van der Waals surface area contributed by atoms with Crippen LogP contribution in [-0.4, -0.2) is 52.9 Å². The first-order valence-electron chi connectivity index (χ1n) is 15.4. The summed E-state index contributed by atoms with van der Waals surface area (Å²) in [5.41, 5.74) is 9.92. The normalized spacial score (nSPS) is 22.1. The summed E-state index contributed by atoms with van der Waals surface area (Å²) in [6.45, 7) is 3.97. The van der Waals surface area contributed by atoms with Crippen molar-refractivity contribution < 1.29 is 28.6 Å². The minimum absolute atomic E-state index is 0.0370. The lowest BCUT2D eigenvalue weighted by Crippen LogP contribution is -2.35.